The number of carboxylic acid groups (broad SMARTS) is 1. The number of hydrogen-bond donors (Lipinski definition) is 2. The molecular formula is C6H7N3O4S. The number of nitrogens with two attached hydrogens (primary N) is 1. The minimum Gasteiger partial charge on any atom is -0.476 e. The first-order valence-corrected chi connectivity index (χ1v) is 5.27. The Morgan fingerprint density at radius 1 is 1.57 bits per heavy atom. The highest BCUT2D eigenvalue weighted by molar-refractivity contribution is 7.90. The van der Waals surface area contributed by atoms with Crippen LogP contribution in [0, 0.1) is 0 Å². The van der Waals surface area contributed by atoms with E-state index in [1.165, 1.54) is 0 Å². The van der Waals surface area contributed by atoms with E-state index in [2.05, 4.69) is 9.97 Å². The van der Waals surface area contributed by atoms with Crippen LogP contribution in [0.25, 0.3) is 0 Å². The molecule has 1 aromatic heterocycles. The van der Waals surface area contributed by atoms with Crippen LogP contribution in [-0.2, 0) is 9.84 Å². The van der Waals surface area contributed by atoms with Gasteiger partial charge in [-0.15, -0.1) is 0 Å². The fourth-order valence-corrected chi connectivity index (χ4v) is 1.23. The highest BCUT2D eigenvalue weighted by Gasteiger charge is 2.17. The Labute approximate surface area is 79.5 Å². The lowest BCUT2D eigenvalue weighted by Gasteiger charge is -2.00. The van der Waals surface area contributed by atoms with Gasteiger partial charge in [-0.2, -0.15) is 0 Å². The Morgan fingerprint density at radius 3 is 2.57 bits per heavy atom. The summed E-state index contributed by atoms with van der Waals surface area (Å²) in [5.74, 6) is -1.39. The number of hydrogen-bond acceptors (Lipinski definition) is 6. The predicted octanol–water partition coefficient (Wildman–Crippen LogP) is -0.839. The lowest BCUT2D eigenvalue weighted by atomic mass is 10.3. The highest BCUT2D eigenvalue weighted by Crippen LogP contribution is 2.09. The third kappa shape index (κ3) is 1.96. The van der Waals surface area contributed by atoms with Gasteiger partial charge in [-0.05, 0) is 0 Å². The van der Waals surface area contributed by atoms with Gasteiger partial charge in [0, 0.05) is 6.26 Å². The molecule has 0 aromatic carbocycles. The maximum absolute atomic E-state index is 11.0. The summed E-state index contributed by atoms with van der Waals surface area (Å²) in [5, 5.41) is 8.04. The summed E-state index contributed by atoms with van der Waals surface area (Å²) in [6.45, 7) is 0. The zero-order valence-corrected chi connectivity index (χ0v) is 7.95. The first-order chi connectivity index (χ1) is 6.32. The summed E-state index contributed by atoms with van der Waals surface area (Å²) in [4.78, 5) is 17.3. The van der Waals surface area contributed by atoms with E-state index in [0.717, 1.165) is 12.5 Å². The van der Waals surface area contributed by atoms with Gasteiger partial charge in [-0.3, -0.25) is 0 Å². The molecule has 0 radical (unpaired) electrons. The molecule has 1 aromatic rings. The van der Waals surface area contributed by atoms with Crippen LogP contribution in [-0.4, -0.2) is 35.7 Å². The molecule has 76 valence electrons. The zero-order chi connectivity index (χ0) is 10.9. The SMILES string of the molecule is CS(=O)(=O)c1ncc(N)c(C(=O)O)n1. The number of nitrogens with zero attached hydrogens (tertiary/aromatic N) is 2. The molecule has 0 spiro atoms. The van der Waals surface area contributed by atoms with Crippen LogP contribution < -0.4 is 5.73 Å². The van der Waals surface area contributed by atoms with E-state index in [4.69, 9.17) is 10.8 Å². The Kier molecular flexibility index (Phi) is 2.39. The summed E-state index contributed by atoms with van der Waals surface area (Å²) in [6, 6.07) is 0. The molecule has 0 aliphatic carbocycles. The van der Waals surface area contributed by atoms with Crippen molar-refractivity contribution in [3.63, 3.8) is 0 Å². The molecule has 14 heavy (non-hydrogen) atoms. The average molecular weight is 217 g/mol. The van der Waals surface area contributed by atoms with E-state index < -0.39 is 26.7 Å². The van der Waals surface area contributed by atoms with Gasteiger partial charge < -0.3 is 10.8 Å². The quantitative estimate of drug-likeness (QED) is 0.619. The fraction of sp³-hybridized carbons (Fsp3) is 0.167. The summed E-state index contributed by atoms with van der Waals surface area (Å²) in [7, 11) is -3.62. The largest absolute Gasteiger partial charge is 0.476 e. The Bertz CT molecular complexity index is 482. The van der Waals surface area contributed by atoms with Crippen LogP contribution in [0.4, 0.5) is 5.69 Å². The monoisotopic (exact) mass is 217 g/mol. The lowest BCUT2D eigenvalue weighted by Crippen LogP contribution is -2.12. The zero-order valence-electron chi connectivity index (χ0n) is 7.13. The molecule has 0 unspecified atom stereocenters. The van der Waals surface area contributed by atoms with Gasteiger partial charge in [-0.1, -0.05) is 0 Å². The van der Waals surface area contributed by atoms with Gasteiger partial charge in [0.05, 0.1) is 11.9 Å². The molecule has 0 saturated carbocycles. The molecule has 7 nitrogen and oxygen atoms in total. The number of aromatic carboxylic acids is 1. The van der Waals surface area contributed by atoms with Crippen molar-refractivity contribution < 1.29 is 18.3 Å². The van der Waals surface area contributed by atoms with E-state index in [0.29, 0.717) is 0 Å². The molecule has 1 heterocycles. The number of sulfone groups is 1. The average Bonchev–Trinajstić information content (AvgIpc) is 2.02. The van der Waals surface area contributed by atoms with Crippen molar-refractivity contribution in [2.75, 3.05) is 12.0 Å². The van der Waals surface area contributed by atoms with Crippen molar-refractivity contribution in [3.05, 3.63) is 11.9 Å². The van der Waals surface area contributed by atoms with Crippen molar-refractivity contribution in [2.45, 2.75) is 5.16 Å². The van der Waals surface area contributed by atoms with Crippen molar-refractivity contribution in [2.24, 2.45) is 0 Å². The first kappa shape index (κ1) is 10.4. The smallest absolute Gasteiger partial charge is 0.356 e. The third-order valence-corrected chi connectivity index (χ3v) is 2.19. The molecule has 0 amide bonds. The van der Waals surface area contributed by atoms with Gasteiger partial charge in [0.25, 0.3) is 0 Å². The van der Waals surface area contributed by atoms with Crippen molar-refractivity contribution in [3.8, 4) is 0 Å². The van der Waals surface area contributed by atoms with E-state index in [1.54, 1.807) is 0 Å². The van der Waals surface area contributed by atoms with Gasteiger partial charge in [-0.25, -0.2) is 23.2 Å². The van der Waals surface area contributed by atoms with Gasteiger partial charge >= 0.3 is 5.97 Å². The van der Waals surface area contributed by atoms with Gasteiger partial charge in [0.1, 0.15) is 0 Å². The lowest BCUT2D eigenvalue weighted by molar-refractivity contribution is 0.0690. The van der Waals surface area contributed by atoms with E-state index in [9.17, 15) is 13.2 Å². The second-order valence-corrected chi connectivity index (χ2v) is 4.44. The van der Waals surface area contributed by atoms with Crippen molar-refractivity contribution in [1.82, 2.24) is 9.97 Å². The maximum atomic E-state index is 11.0. The third-order valence-electron chi connectivity index (χ3n) is 1.33. The molecule has 0 fully saturated rings. The summed E-state index contributed by atoms with van der Waals surface area (Å²) < 4.78 is 21.9. The van der Waals surface area contributed by atoms with Crippen LogP contribution in [0.3, 0.4) is 0 Å². The van der Waals surface area contributed by atoms with E-state index in [-0.39, 0.29) is 5.69 Å². The molecule has 8 heteroatoms. The summed E-state index contributed by atoms with van der Waals surface area (Å²) in [5.41, 5.74) is 4.54. The van der Waals surface area contributed by atoms with Crippen molar-refractivity contribution >= 4 is 21.5 Å². The number of nitrogen functional groups attached to an aromatic ring is 1. The Balaban J connectivity index is 3.42. The normalized spacial score (nSPS) is 11.2. The number of anilines is 1. The van der Waals surface area contributed by atoms with Crippen molar-refractivity contribution in [1.29, 1.82) is 0 Å². The maximum Gasteiger partial charge on any atom is 0.356 e. The van der Waals surface area contributed by atoms with E-state index in [1.807, 2.05) is 0 Å². The van der Waals surface area contributed by atoms with Crippen LogP contribution in [0.5, 0.6) is 0 Å². The summed E-state index contributed by atoms with van der Waals surface area (Å²) in [6.07, 6.45) is 1.83. The number of rotatable bonds is 2. The Morgan fingerprint density at radius 2 is 2.14 bits per heavy atom. The number of aromatic nitrogens is 2. The number of carbonyl (C=O) groups is 1. The Hall–Kier alpha value is -1.70. The fourth-order valence-electron chi connectivity index (χ4n) is 0.725. The second kappa shape index (κ2) is 3.22. The molecule has 1 rings (SSSR count). The van der Waals surface area contributed by atoms with Gasteiger partial charge in [0.15, 0.2) is 5.69 Å². The molecule has 0 aliphatic heterocycles. The minimum atomic E-state index is -3.62. The topological polar surface area (TPSA) is 123 Å². The van der Waals surface area contributed by atoms with Crippen LogP contribution >= 0.6 is 0 Å². The molecule has 0 atom stereocenters. The molecule has 0 saturated heterocycles. The summed E-state index contributed by atoms with van der Waals surface area (Å²) >= 11 is 0. The van der Waals surface area contributed by atoms with Gasteiger partial charge in [0.2, 0.25) is 15.0 Å². The minimum absolute atomic E-state index is 0.176. The van der Waals surface area contributed by atoms with Crippen LogP contribution in [0.15, 0.2) is 11.4 Å². The second-order valence-electron chi connectivity index (χ2n) is 2.53. The predicted molar refractivity (Wildman–Crippen MR) is 46.5 cm³/mol. The molecule has 0 aliphatic rings. The highest BCUT2D eigenvalue weighted by atomic mass is 32.2. The molecular weight excluding hydrogens is 210 g/mol. The van der Waals surface area contributed by atoms with Crippen LogP contribution in [0.1, 0.15) is 10.5 Å². The number of carboxylic acids is 1. The van der Waals surface area contributed by atoms with Crippen LogP contribution in [0.2, 0.25) is 0 Å². The standard InChI is InChI=1S/C6H7N3O4S/c1-14(12,13)6-8-2-3(7)4(9-6)5(10)11/h2H,7H2,1H3,(H,10,11). The first-order valence-electron chi connectivity index (χ1n) is 3.38. The molecule has 0 bridgehead atoms. The van der Waals surface area contributed by atoms with E-state index >= 15 is 0 Å². The molecule has 3 N–H and O–H groups in total.